The number of hydrogen-bond donors (Lipinski definition) is 1. The van der Waals surface area contributed by atoms with E-state index in [0.29, 0.717) is 12.5 Å². The summed E-state index contributed by atoms with van der Waals surface area (Å²) in [5, 5.41) is 9.75. The first-order chi connectivity index (χ1) is 8.20. The molecule has 0 saturated carbocycles. The van der Waals surface area contributed by atoms with Crippen molar-refractivity contribution in [2.75, 3.05) is 24.6 Å². The molecule has 0 unspecified atom stereocenters. The van der Waals surface area contributed by atoms with E-state index in [2.05, 4.69) is 17.9 Å². The van der Waals surface area contributed by atoms with Crippen molar-refractivity contribution in [3.8, 4) is 0 Å². The molecule has 0 aliphatic carbocycles. The number of halogens is 1. The summed E-state index contributed by atoms with van der Waals surface area (Å²) in [6, 6.07) is 6.10. The van der Waals surface area contributed by atoms with Crippen LogP contribution < -0.4 is 4.90 Å². The lowest BCUT2D eigenvalue weighted by molar-refractivity contribution is 0.240. The second-order valence-corrected chi connectivity index (χ2v) is 5.31. The average Bonchev–Trinajstić information content (AvgIpc) is 2.31. The van der Waals surface area contributed by atoms with Gasteiger partial charge in [-0.25, -0.2) is 0 Å². The van der Waals surface area contributed by atoms with Crippen molar-refractivity contribution in [3.05, 3.63) is 28.8 Å². The van der Waals surface area contributed by atoms with Crippen LogP contribution in [0.2, 0.25) is 5.02 Å². The minimum absolute atomic E-state index is 0.324. The number of anilines is 1. The van der Waals surface area contributed by atoms with Gasteiger partial charge in [0.05, 0.1) is 0 Å². The van der Waals surface area contributed by atoms with E-state index in [1.807, 2.05) is 12.1 Å². The molecule has 1 aromatic carbocycles. The van der Waals surface area contributed by atoms with Crippen LogP contribution in [0.3, 0.4) is 0 Å². The van der Waals surface area contributed by atoms with Crippen LogP contribution in [0.25, 0.3) is 0 Å². The van der Waals surface area contributed by atoms with E-state index in [4.69, 9.17) is 16.7 Å². The molecule has 1 N–H and O–H groups in total. The number of hydrogen-bond acceptors (Lipinski definition) is 2. The standard InChI is InChI=1S/C14H20ClNO/c1-11-10-13(15)2-3-14(11)16-7-4-12(5-8-16)6-9-17/h2-3,10,12,17H,4-9H2,1H3. The van der Waals surface area contributed by atoms with Crippen molar-refractivity contribution < 1.29 is 5.11 Å². The molecule has 1 aliphatic rings. The first-order valence-electron chi connectivity index (χ1n) is 6.32. The summed E-state index contributed by atoms with van der Waals surface area (Å²) in [7, 11) is 0. The van der Waals surface area contributed by atoms with Crippen molar-refractivity contribution in [1.82, 2.24) is 0 Å². The zero-order valence-corrected chi connectivity index (χ0v) is 11.1. The fraction of sp³-hybridized carbons (Fsp3) is 0.571. The zero-order valence-electron chi connectivity index (χ0n) is 10.3. The van der Waals surface area contributed by atoms with Crippen LogP contribution in [0.5, 0.6) is 0 Å². The van der Waals surface area contributed by atoms with Crippen molar-refractivity contribution in [2.45, 2.75) is 26.2 Å². The molecule has 94 valence electrons. The summed E-state index contributed by atoms with van der Waals surface area (Å²) < 4.78 is 0. The number of aryl methyl sites for hydroxylation is 1. The number of aliphatic hydroxyl groups excluding tert-OH is 1. The highest BCUT2D eigenvalue weighted by molar-refractivity contribution is 6.30. The highest BCUT2D eigenvalue weighted by atomic mass is 35.5. The van der Waals surface area contributed by atoms with Crippen LogP contribution >= 0.6 is 11.6 Å². The Kier molecular flexibility index (Phi) is 4.30. The largest absolute Gasteiger partial charge is 0.396 e. The molecular weight excluding hydrogens is 234 g/mol. The van der Waals surface area contributed by atoms with Gasteiger partial charge < -0.3 is 10.0 Å². The number of aliphatic hydroxyl groups is 1. The van der Waals surface area contributed by atoms with Gasteiger partial charge in [-0.15, -0.1) is 0 Å². The third-order valence-corrected chi connectivity index (χ3v) is 3.89. The Morgan fingerprint density at radius 1 is 1.35 bits per heavy atom. The molecular formula is C14H20ClNO. The van der Waals surface area contributed by atoms with Gasteiger partial charge in [0.15, 0.2) is 0 Å². The summed E-state index contributed by atoms with van der Waals surface area (Å²) in [6.45, 7) is 4.62. The van der Waals surface area contributed by atoms with Crippen molar-refractivity contribution in [1.29, 1.82) is 0 Å². The van der Waals surface area contributed by atoms with Gasteiger partial charge in [-0.05, 0) is 55.9 Å². The number of benzene rings is 1. The van der Waals surface area contributed by atoms with Gasteiger partial charge in [0.2, 0.25) is 0 Å². The second-order valence-electron chi connectivity index (χ2n) is 4.87. The van der Waals surface area contributed by atoms with Gasteiger partial charge in [-0.3, -0.25) is 0 Å². The summed E-state index contributed by atoms with van der Waals surface area (Å²) >= 11 is 5.97. The molecule has 0 spiro atoms. The summed E-state index contributed by atoms with van der Waals surface area (Å²) in [5.41, 5.74) is 2.55. The van der Waals surface area contributed by atoms with E-state index >= 15 is 0 Å². The monoisotopic (exact) mass is 253 g/mol. The molecule has 0 aromatic heterocycles. The molecule has 17 heavy (non-hydrogen) atoms. The Hall–Kier alpha value is -0.730. The third kappa shape index (κ3) is 3.14. The number of rotatable bonds is 3. The first kappa shape index (κ1) is 12.7. The molecule has 0 atom stereocenters. The maximum absolute atomic E-state index is 8.95. The first-order valence-corrected chi connectivity index (χ1v) is 6.70. The van der Waals surface area contributed by atoms with Gasteiger partial charge in [0.1, 0.15) is 0 Å². The predicted molar refractivity (Wildman–Crippen MR) is 72.8 cm³/mol. The van der Waals surface area contributed by atoms with Crippen molar-refractivity contribution in [3.63, 3.8) is 0 Å². The van der Waals surface area contributed by atoms with Gasteiger partial charge in [-0.2, -0.15) is 0 Å². The fourth-order valence-electron chi connectivity index (χ4n) is 2.62. The van der Waals surface area contributed by atoms with Crippen LogP contribution in [0, 0.1) is 12.8 Å². The van der Waals surface area contributed by atoms with E-state index < -0.39 is 0 Å². The van der Waals surface area contributed by atoms with E-state index in [-0.39, 0.29) is 0 Å². The summed E-state index contributed by atoms with van der Waals surface area (Å²) in [6.07, 6.45) is 3.32. The number of nitrogens with zero attached hydrogens (tertiary/aromatic N) is 1. The highest BCUT2D eigenvalue weighted by Gasteiger charge is 2.19. The predicted octanol–water partition coefficient (Wildman–Crippen LogP) is 3.25. The Balaban J connectivity index is 2.00. The Morgan fingerprint density at radius 2 is 2.06 bits per heavy atom. The lowest BCUT2D eigenvalue weighted by atomic mass is 9.93. The molecule has 0 bridgehead atoms. The van der Waals surface area contributed by atoms with Gasteiger partial charge in [-0.1, -0.05) is 11.6 Å². The smallest absolute Gasteiger partial charge is 0.0433 e. The topological polar surface area (TPSA) is 23.5 Å². The minimum Gasteiger partial charge on any atom is -0.396 e. The maximum atomic E-state index is 8.95. The molecule has 1 aromatic rings. The molecule has 1 heterocycles. The molecule has 0 amide bonds. The normalized spacial score (nSPS) is 17.5. The summed E-state index contributed by atoms with van der Waals surface area (Å²) in [4.78, 5) is 2.43. The molecule has 3 heteroatoms. The molecule has 1 aliphatic heterocycles. The van der Waals surface area contributed by atoms with E-state index in [9.17, 15) is 0 Å². The van der Waals surface area contributed by atoms with Gasteiger partial charge in [0, 0.05) is 30.4 Å². The molecule has 0 radical (unpaired) electrons. The third-order valence-electron chi connectivity index (χ3n) is 3.65. The molecule has 2 rings (SSSR count). The van der Waals surface area contributed by atoms with Crippen LogP contribution in [0.1, 0.15) is 24.8 Å². The molecule has 1 saturated heterocycles. The fourth-order valence-corrected chi connectivity index (χ4v) is 2.85. The molecule has 1 fully saturated rings. The average molecular weight is 254 g/mol. The zero-order chi connectivity index (χ0) is 12.3. The SMILES string of the molecule is Cc1cc(Cl)ccc1N1CCC(CCO)CC1. The summed E-state index contributed by atoms with van der Waals surface area (Å²) in [5.74, 6) is 0.698. The minimum atomic E-state index is 0.324. The van der Waals surface area contributed by atoms with Crippen molar-refractivity contribution in [2.24, 2.45) is 5.92 Å². The Bertz CT molecular complexity index is 372. The van der Waals surface area contributed by atoms with Crippen LogP contribution in [-0.2, 0) is 0 Å². The van der Waals surface area contributed by atoms with Crippen LogP contribution in [0.15, 0.2) is 18.2 Å². The quantitative estimate of drug-likeness (QED) is 0.894. The van der Waals surface area contributed by atoms with Crippen molar-refractivity contribution >= 4 is 17.3 Å². The van der Waals surface area contributed by atoms with Crippen LogP contribution in [-0.4, -0.2) is 24.8 Å². The number of piperidine rings is 1. The Labute approximate surface area is 108 Å². The lowest BCUT2D eigenvalue weighted by Crippen LogP contribution is -2.34. The Morgan fingerprint density at radius 3 is 2.65 bits per heavy atom. The second kappa shape index (κ2) is 5.74. The molecule has 2 nitrogen and oxygen atoms in total. The van der Waals surface area contributed by atoms with E-state index in [1.54, 1.807) is 0 Å². The maximum Gasteiger partial charge on any atom is 0.0433 e. The highest BCUT2D eigenvalue weighted by Crippen LogP contribution is 2.28. The van der Waals surface area contributed by atoms with E-state index in [0.717, 1.165) is 24.5 Å². The van der Waals surface area contributed by atoms with E-state index in [1.165, 1.54) is 24.1 Å². The van der Waals surface area contributed by atoms with Crippen LogP contribution in [0.4, 0.5) is 5.69 Å². The van der Waals surface area contributed by atoms with Gasteiger partial charge >= 0.3 is 0 Å². The lowest BCUT2D eigenvalue weighted by Gasteiger charge is -2.34. The van der Waals surface area contributed by atoms with Gasteiger partial charge in [0.25, 0.3) is 0 Å².